The van der Waals surface area contributed by atoms with Gasteiger partial charge in [-0.2, -0.15) is 0 Å². The third kappa shape index (κ3) is 5.29. The van der Waals surface area contributed by atoms with Gasteiger partial charge in [0.15, 0.2) is 0 Å². The molecule has 2 aromatic carbocycles. The number of thiophene rings is 1. The summed E-state index contributed by atoms with van der Waals surface area (Å²) in [6, 6.07) is 22.7. The molecule has 1 unspecified atom stereocenters. The Bertz CT molecular complexity index is 1040. The molecule has 1 aromatic heterocycles. The minimum Gasteiger partial charge on any atom is -0.378 e. The molecule has 2 aliphatic heterocycles. The van der Waals surface area contributed by atoms with E-state index in [0.29, 0.717) is 26.3 Å². The molecule has 1 amide bonds. The number of carbonyl (C=O) groups is 1. The number of hydrogen-bond acceptors (Lipinski definition) is 5. The van der Waals surface area contributed by atoms with Crippen molar-refractivity contribution in [2.24, 2.45) is 0 Å². The van der Waals surface area contributed by atoms with Crippen LogP contribution in [0.4, 0.5) is 5.00 Å². The Hall–Kier alpha value is -2.67. The standard InChI is InChI=1S/C27H30N2O3S/c30-26(29(20-23-12-7-15-32-23)19-21-8-3-1-4-9-21)25-18-24(22-10-5-2-6-11-22)27(33-25)28-13-16-31-17-14-28/h1-6,8-11,18,23H,7,12-17,19-20H2. The smallest absolute Gasteiger partial charge is 0.264 e. The highest BCUT2D eigenvalue weighted by Crippen LogP contribution is 2.40. The van der Waals surface area contributed by atoms with Gasteiger partial charge in [0.2, 0.25) is 0 Å². The van der Waals surface area contributed by atoms with Crippen molar-refractivity contribution < 1.29 is 14.3 Å². The molecule has 0 radical (unpaired) electrons. The van der Waals surface area contributed by atoms with Gasteiger partial charge in [0, 0.05) is 38.3 Å². The Balaban J connectivity index is 1.47. The second-order valence-corrected chi connectivity index (χ2v) is 9.63. The molecule has 5 nitrogen and oxygen atoms in total. The summed E-state index contributed by atoms with van der Waals surface area (Å²) in [5, 5.41) is 1.16. The van der Waals surface area contributed by atoms with E-state index in [1.54, 1.807) is 11.3 Å². The molecule has 5 rings (SSSR count). The fraction of sp³-hybridized carbons (Fsp3) is 0.370. The molecule has 0 aliphatic carbocycles. The van der Waals surface area contributed by atoms with Gasteiger partial charge in [-0.3, -0.25) is 4.79 Å². The first-order chi connectivity index (χ1) is 16.3. The molecule has 33 heavy (non-hydrogen) atoms. The van der Waals surface area contributed by atoms with Crippen LogP contribution in [0.2, 0.25) is 0 Å². The summed E-state index contributed by atoms with van der Waals surface area (Å²) < 4.78 is 11.5. The summed E-state index contributed by atoms with van der Waals surface area (Å²) in [5.74, 6) is 0.0797. The predicted molar refractivity (Wildman–Crippen MR) is 133 cm³/mol. The first kappa shape index (κ1) is 22.1. The third-order valence-electron chi connectivity index (χ3n) is 6.26. The van der Waals surface area contributed by atoms with E-state index in [-0.39, 0.29) is 12.0 Å². The van der Waals surface area contributed by atoms with Crippen molar-refractivity contribution in [2.75, 3.05) is 44.4 Å². The zero-order valence-electron chi connectivity index (χ0n) is 18.8. The molecule has 0 N–H and O–H groups in total. The van der Waals surface area contributed by atoms with Gasteiger partial charge in [0.1, 0.15) is 0 Å². The average Bonchev–Trinajstić information content (AvgIpc) is 3.55. The maximum absolute atomic E-state index is 13.9. The molecule has 172 valence electrons. The Kier molecular flexibility index (Phi) is 7.05. The van der Waals surface area contributed by atoms with Gasteiger partial charge in [-0.05, 0) is 30.0 Å². The first-order valence-corrected chi connectivity index (χ1v) is 12.6. The van der Waals surface area contributed by atoms with Crippen LogP contribution in [0.1, 0.15) is 28.1 Å². The van der Waals surface area contributed by atoms with E-state index >= 15 is 0 Å². The van der Waals surface area contributed by atoms with Crippen LogP contribution in [-0.4, -0.2) is 56.4 Å². The largest absolute Gasteiger partial charge is 0.378 e. The molecule has 2 aliphatic rings. The summed E-state index contributed by atoms with van der Waals surface area (Å²) >= 11 is 1.60. The lowest BCUT2D eigenvalue weighted by Gasteiger charge is -2.28. The number of anilines is 1. The van der Waals surface area contributed by atoms with Crippen LogP contribution >= 0.6 is 11.3 Å². The van der Waals surface area contributed by atoms with Crippen molar-refractivity contribution >= 4 is 22.2 Å². The van der Waals surface area contributed by atoms with Crippen molar-refractivity contribution in [1.29, 1.82) is 0 Å². The quantitative estimate of drug-likeness (QED) is 0.491. The first-order valence-electron chi connectivity index (χ1n) is 11.7. The molecule has 0 spiro atoms. The molecular weight excluding hydrogens is 432 g/mol. The number of nitrogens with zero attached hydrogens (tertiary/aromatic N) is 2. The summed E-state index contributed by atoms with van der Waals surface area (Å²) in [5.41, 5.74) is 3.41. The highest BCUT2D eigenvalue weighted by molar-refractivity contribution is 7.18. The van der Waals surface area contributed by atoms with Crippen LogP contribution < -0.4 is 4.90 Å². The van der Waals surface area contributed by atoms with E-state index < -0.39 is 0 Å². The summed E-state index contributed by atoms with van der Waals surface area (Å²) in [6.45, 7) is 5.12. The SMILES string of the molecule is O=C(c1cc(-c2ccccc2)c(N2CCOCC2)s1)N(Cc1ccccc1)CC1CCCO1. The number of benzene rings is 2. The van der Waals surface area contributed by atoms with Gasteiger partial charge in [-0.25, -0.2) is 0 Å². The molecular formula is C27H30N2O3S. The van der Waals surface area contributed by atoms with Gasteiger partial charge in [-0.15, -0.1) is 11.3 Å². The molecule has 3 heterocycles. The number of morpholine rings is 1. The van der Waals surface area contributed by atoms with E-state index in [1.807, 2.05) is 29.2 Å². The number of amides is 1. The van der Waals surface area contributed by atoms with Crippen LogP contribution in [0.15, 0.2) is 66.7 Å². The normalized spacial score (nSPS) is 18.4. The number of rotatable bonds is 7. The van der Waals surface area contributed by atoms with E-state index in [2.05, 4.69) is 47.4 Å². The van der Waals surface area contributed by atoms with Crippen LogP contribution in [0.3, 0.4) is 0 Å². The lowest BCUT2D eigenvalue weighted by molar-refractivity contribution is 0.0511. The zero-order valence-corrected chi connectivity index (χ0v) is 19.6. The van der Waals surface area contributed by atoms with Gasteiger partial charge < -0.3 is 19.3 Å². The van der Waals surface area contributed by atoms with Crippen molar-refractivity contribution in [1.82, 2.24) is 4.90 Å². The third-order valence-corrected chi connectivity index (χ3v) is 7.44. The van der Waals surface area contributed by atoms with E-state index in [4.69, 9.17) is 9.47 Å². The van der Waals surface area contributed by atoms with Gasteiger partial charge in [0.05, 0.1) is 29.2 Å². The van der Waals surface area contributed by atoms with Crippen LogP contribution in [0, 0.1) is 0 Å². The lowest BCUT2D eigenvalue weighted by atomic mass is 10.1. The number of hydrogen-bond donors (Lipinski definition) is 0. The monoisotopic (exact) mass is 462 g/mol. The van der Waals surface area contributed by atoms with Crippen molar-refractivity contribution in [3.8, 4) is 11.1 Å². The van der Waals surface area contributed by atoms with Crippen LogP contribution in [0.5, 0.6) is 0 Å². The highest BCUT2D eigenvalue weighted by atomic mass is 32.1. The lowest BCUT2D eigenvalue weighted by Crippen LogP contribution is -2.36. The van der Waals surface area contributed by atoms with E-state index in [1.165, 1.54) is 0 Å². The second-order valence-electron chi connectivity index (χ2n) is 8.60. The van der Waals surface area contributed by atoms with Crippen LogP contribution in [0.25, 0.3) is 11.1 Å². The molecule has 2 saturated heterocycles. The summed E-state index contributed by atoms with van der Waals surface area (Å²) in [6.07, 6.45) is 2.19. The minimum atomic E-state index is 0.0797. The topological polar surface area (TPSA) is 42.0 Å². The highest BCUT2D eigenvalue weighted by Gasteiger charge is 2.27. The molecule has 6 heteroatoms. The fourth-order valence-corrected chi connectivity index (χ4v) is 5.73. The second kappa shape index (κ2) is 10.5. The van der Waals surface area contributed by atoms with Gasteiger partial charge in [-0.1, -0.05) is 60.7 Å². The van der Waals surface area contributed by atoms with Gasteiger partial charge >= 0.3 is 0 Å². The summed E-state index contributed by atoms with van der Waals surface area (Å²) in [7, 11) is 0. The number of carbonyl (C=O) groups excluding carboxylic acids is 1. The maximum atomic E-state index is 13.9. The summed E-state index contributed by atoms with van der Waals surface area (Å²) in [4.78, 5) is 19.0. The molecule has 0 bridgehead atoms. The fourth-order valence-electron chi connectivity index (χ4n) is 4.53. The van der Waals surface area contributed by atoms with Crippen LogP contribution in [-0.2, 0) is 16.0 Å². The Labute approximate surface area is 199 Å². The minimum absolute atomic E-state index is 0.0797. The van der Waals surface area contributed by atoms with Crippen molar-refractivity contribution in [2.45, 2.75) is 25.5 Å². The Morgan fingerprint density at radius 1 is 1.00 bits per heavy atom. The Morgan fingerprint density at radius 2 is 1.73 bits per heavy atom. The number of ether oxygens (including phenoxy) is 2. The average molecular weight is 463 g/mol. The zero-order chi connectivity index (χ0) is 22.5. The van der Waals surface area contributed by atoms with E-state index in [9.17, 15) is 4.79 Å². The van der Waals surface area contributed by atoms with Crippen molar-refractivity contribution in [3.63, 3.8) is 0 Å². The molecule has 1 atom stereocenters. The molecule has 2 fully saturated rings. The maximum Gasteiger partial charge on any atom is 0.264 e. The molecule has 3 aromatic rings. The van der Waals surface area contributed by atoms with E-state index in [0.717, 1.165) is 59.1 Å². The molecule has 0 saturated carbocycles. The Morgan fingerprint density at radius 3 is 2.42 bits per heavy atom. The van der Waals surface area contributed by atoms with Crippen molar-refractivity contribution in [3.05, 3.63) is 77.2 Å². The van der Waals surface area contributed by atoms with Gasteiger partial charge in [0.25, 0.3) is 5.91 Å². The predicted octanol–water partition coefficient (Wildman–Crippen LogP) is 5.07.